The summed E-state index contributed by atoms with van der Waals surface area (Å²) in [5.41, 5.74) is 4.51. The van der Waals surface area contributed by atoms with Crippen molar-refractivity contribution in [2.45, 2.75) is 18.4 Å². The molecule has 0 unspecified atom stereocenters. The van der Waals surface area contributed by atoms with E-state index in [4.69, 9.17) is 21.1 Å². The predicted octanol–water partition coefficient (Wildman–Crippen LogP) is 4.85. The fraction of sp³-hybridized carbons (Fsp3) is 0.188. The average Bonchev–Trinajstić information content (AvgIpc) is 3.56. The van der Waals surface area contributed by atoms with Crippen LogP contribution in [0.3, 0.4) is 0 Å². The van der Waals surface area contributed by atoms with Crippen LogP contribution in [0.4, 0.5) is 5.69 Å². The first-order valence-corrected chi connectivity index (χ1v) is 13.8. The molecule has 3 aromatic carbocycles. The molecule has 0 aliphatic heterocycles. The number of esters is 1. The number of fused-ring (bicyclic) bond motifs is 3. The minimum absolute atomic E-state index is 0.0150. The van der Waals surface area contributed by atoms with Gasteiger partial charge in [-0.15, -0.1) is 0 Å². The molecule has 11 heteroatoms. The number of aromatic nitrogens is 2. The second-order valence-electron chi connectivity index (χ2n) is 9.93. The summed E-state index contributed by atoms with van der Waals surface area (Å²) in [5, 5.41) is 18.6. The van der Waals surface area contributed by atoms with E-state index in [2.05, 4.69) is 29.1 Å². The third kappa shape index (κ3) is 6.01. The lowest BCUT2D eigenvalue weighted by Gasteiger charge is -2.24. The van der Waals surface area contributed by atoms with Gasteiger partial charge in [-0.25, -0.2) is 0 Å². The van der Waals surface area contributed by atoms with Crippen LogP contribution in [0.2, 0.25) is 5.02 Å². The molecule has 5 rings (SSSR count). The Balaban J connectivity index is 1.33. The normalized spacial score (nSPS) is 12.6. The summed E-state index contributed by atoms with van der Waals surface area (Å²) in [6.07, 6.45) is 0.723. The number of halogens is 1. The van der Waals surface area contributed by atoms with Gasteiger partial charge in [-0.05, 0) is 53.1 Å². The number of nitrogens with one attached hydrogen (secondary N) is 1. The van der Waals surface area contributed by atoms with E-state index in [1.807, 2.05) is 36.4 Å². The number of carbonyl (C=O) groups excluding carboxylic acids is 3. The maximum atomic E-state index is 13.5. The molecule has 0 spiro atoms. The number of ether oxygens (including phenoxy) is 2. The average molecular weight is 601 g/mol. The molecule has 43 heavy (non-hydrogen) atoms. The fourth-order valence-electron chi connectivity index (χ4n) is 5.16. The third-order valence-electron chi connectivity index (χ3n) is 7.30. The molecule has 0 saturated heterocycles. The van der Waals surface area contributed by atoms with Crippen LogP contribution in [-0.4, -0.2) is 52.4 Å². The van der Waals surface area contributed by atoms with Crippen molar-refractivity contribution < 1.29 is 29.1 Å². The molecular formula is C32H29ClN4O6. The molecule has 1 aliphatic rings. The zero-order valence-corrected chi connectivity index (χ0v) is 24.2. The quantitative estimate of drug-likeness (QED) is 0.0824. The lowest BCUT2D eigenvalue weighted by molar-refractivity contribution is -0.143. The largest absolute Gasteiger partial charge is 0.479 e. The molecule has 2 N–H and O–H groups in total. The van der Waals surface area contributed by atoms with Crippen molar-refractivity contribution in [2.75, 3.05) is 18.8 Å². The highest BCUT2D eigenvalue weighted by atomic mass is 35.5. The van der Waals surface area contributed by atoms with Gasteiger partial charge in [0.05, 0.1) is 19.7 Å². The van der Waals surface area contributed by atoms with E-state index in [0.29, 0.717) is 5.02 Å². The van der Waals surface area contributed by atoms with Gasteiger partial charge in [0.2, 0.25) is 5.78 Å². The first kappa shape index (κ1) is 29.6. The number of ketones is 1. The topological polar surface area (TPSA) is 123 Å². The summed E-state index contributed by atoms with van der Waals surface area (Å²) in [5.74, 6) is -2.23. The molecule has 1 aromatic heterocycles. The minimum atomic E-state index is -1.34. The Bertz CT molecular complexity index is 1650. The first-order chi connectivity index (χ1) is 20.7. The molecule has 10 nitrogen and oxygen atoms in total. The van der Waals surface area contributed by atoms with Crippen LogP contribution >= 0.6 is 11.6 Å². The number of benzene rings is 3. The van der Waals surface area contributed by atoms with Crippen LogP contribution in [0.5, 0.6) is 0 Å². The van der Waals surface area contributed by atoms with Crippen LogP contribution in [0, 0.1) is 0 Å². The van der Waals surface area contributed by atoms with Crippen molar-refractivity contribution in [1.29, 1.82) is 0 Å². The van der Waals surface area contributed by atoms with Crippen molar-refractivity contribution in [1.82, 2.24) is 15.1 Å². The van der Waals surface area contributed by atoms with Crippen molar-refractivity contribution in [2.24, 2.45) is 7.05 Å². The van der Waals surface area contributed by atoms with Gasteiger partial charge in [-0.3, -0.25) is 24.3 Å². The van der Waals surface area contributed by atoms with Crippen LogP contribution in [0.15, 0.2) is 91.5 Å². The number of methoxy groups -OCH3 is 1. The number of amides is 1. The lowest BCUT2D eigenvalue weighted by Crippen LogP contribution is -2.47. The second-order valence-corrected chi connectivity index (χ2v) is 10.4. The van der Waals surface area contributed by atoms with Crippen molar-refractivity contribution in [3.05, 3.63) is 119 Å². The van der Waals surface area contributed by atoms with Gasteiger partial charge in [-0.2, -0.15) is 10.2 Å². The van der Waals surface area contributed by atoms with Crippen LogP contribution in [0.25, 0.3) is 11.1 Å². The summed E-state index contributed by atoms with van der Waals surface area (Å²) in [4.78, 5) is 39.0. The zero-order valence-electron chi connectivity index (χ0n) is 23.5. The molecule has 1 aliphatic carbocycles. The Hall–Kier alpha value is -4.93. The standard InChI is InChI=1S/C32H29ClN4O6/c1-19(43-18-26-24-10-6-4-8-22(24)23-9-5-7-11-25(23)26)35-27(16-29(38)42-3)32(40)37(41)28-17-34-36(2)30(28)31(39)20-12-14-21(33)15-13-20/h4-15,17,26-27,35,41H,1,16,18H2,2-3H3/t27-/m0/s1. The zero-order chi connectivity index (χ0) is 30.7. The Labute approximate surface area is 253 Å². The van der Waals surface area contributed by atoms with Gasteiger partial charge in [0.25, 0.3) is 5.91 Å². The maximum absolute atomic E-state index is 13.5. The van der Waals surface area contributed by atoms with E-state index in [9.17, 15) is 19.6 Å². The number of hydroxylamine groups is 1. The predicted molar refractivity (Wildman–Crippen MR) is 160 cm³/mol. The van der Waals surface area contributed by atoms with Gasteiger partial charge in [-0.1, -0.05) is 60.1 Å². The van der Waals surface area contributed by atoms with Crippen LogP contribution in [-0.2, 0) is 26.1 Å². The van der Waals surface area contributed by atoms with E-state index >= 15 is 0 Å². The molecule has 0 fully saturated rings. The SMILES string of the molecule is C=C(N[C@@H](CC(=O)OC)C(=O)N(O)c1cnn(C)c1C(=O)c1ccc(Cl)cc1)OCC1c2ccccc2-c2ccccc21. The summed E-state index contributed by atoms with van der Waals surface area (Å²) < 4.78 is 12.0. The lowest BCUT2D eigenvalue weighted by atomic mass is 9.98. The summed E-state index contributed by atoms with van der Waals surface area (Å²) >= 11 is 5.95. The smallest absolute Gasteiger partial charge is 0.308 e. The highest BCUT2D eigenvalue weighted by molar-refractivity contribution is 6.30. The highest BCUT2D eigenvalue weighted by Gasteiger charge is 2.33. The molecular weight excluding hydrogens is 572 g/mol. The number of anilines is 1. The van der Waals surface area contributed by atoms with Gasteiger partial charge in [0.15, 0.2) is 5.88 Å². The van der Waals surface area contributed by atoms with E-state index in [-0.39, 0.29) is 40.4 Å². The second kappa shape index (κ2) is 12.5. The number of hydrogen-bond donors (Lipinski definition) is 2. The number of hydrogen-bond acceptors (Lipinski definition) is 8. The molecule has 0 saturated carbocycles. The van der Waals surface area contributed by atoms with Crippen molar-refractivity contribution >= 4 is 34.9 Å². The molecule has 0 bridgehead atoms. The third-order valence-corrected chi connectivity index (χ3v) is 7.55. The highest BCUT2D eigenvalue weighted by Crippen LogP contribution is 2.44. The number of carbonyl (C=O) groups is 3. The molecule has 4 aromatic rings. The monoisotopic (exact) mass is 600 g/mol. The van der Waals surface area contributed by atoms with E-state index < -0.39 is 30.1 Å². The molecule has 1 atom stereocenters. The summed E-state index contributed by atoms with van der Waals surface area (Å²) in [6.45, 7) is 4.10. The van der Waals surface area contributed by atoms with Gasteiger partial charge < -0.3 is 14.8 Å². The minimum Gasteiger partial charge on any atom is -0.479 e. The molecule has 0 radical (unpaired) electrons. The number of aryl methyl sites for hydroxylation is 1. The van der Waals surface area contributed by atoms with Crippen LogP contribution in [0.1, 0.15) is 39.5 Å². The summed E-state index contributed by atoms with van der Waals surface area (Å²) in [7, 11) is 2.69. The van der Waals surface area contributed by atoms with E-state index in [0.717, 1.165) is 22.3 Å². The van der Waals surface area contributed by atoms with Crippen LogP contribution < -0.4 is 10.4 Å². The van der Waals surface area contributed by atoms with Crippen molar-refractivity contribution in [3.8, 4) is 11.1 Å². The van der Waals surface area contributed by atoms with E-state index in [1.165, 1.54) is 37.2 Å². The van der Waals surface area contributed by atoms with Gasteiger partial charge in [0, 0.05) is 23.6 Å². The molecule has 220 valence electrons. The Morgan fingerprint density at radius 3 is 2.26 bits per heavy atom. The molecule has 1 amide bonds. The number of nitrogens with zero attached hydrogens (tertiary/aromatic N) is 3. The fourth-order valence-corrected chi connectivity index (χ4v) is 5.28. The number of rotatable bonds is 11. The Kier molecular flexibility index (Phi) is 8.61. The van der Waals surface area contributed by atoms with Gasteiger partial charge in [0.1, 0.15) is 24.0 Å². The molecule has 1 heterocycles. The van der Waals surface area contributed by atoms with Gasteiger partial charge >= 0.3 is 5.97 Å². The Morgan fingerprint density at radius 1 is 1.05 bits per heavy atom. The van der Waals surface area contributed by atoms with E-state index in [1.54, 1.807) is 12.1 Å². The maximum Gasteiger partial charge on any atom is 0.308 e. The van der Waals surface area contributed by atoms with Crippen molar-refractivity contribution in [3.63, 3.8) is 0 Å². The Morgan fingerprint density at radius 2 is 1.65 bits per heavy atom. The first-order valence-electron chi connectivity index (χ1n) is 13.4. The summed E-state index contributed by atoms with van der Waals surface area (Å²) in [6, 6.07) is 20.9.